The lowest BCUT2D eigenvalue weighted by molar-refractivity contribution is 0.790. The molecule has 1 N–H and O–H groups in total. The number of benzene rings is 1. The molecule has 0 radical (unpaired) electrons. The van der Waals surface area contributed by atoms with E-state index < -0.39 is 0 Å². The fourth-order valence-electron chi connectivity index (χ4n) is 1.34. The molecule has 1 aliphatic rings. The minimum atomic E-state index is 0.626. The zero-order valence-corrected chi connectivity index (χ0v) is 6.53. The van der Waals surface area contributed by atoms with E-state index in [1.807, 2.05) is 42.0 Å². The van der Waals surface area contributed by atoms with Crippen LogP contribution in [0.5, 0.6) is 0 Å². The monoisotopic (exact) mass is 161 g/mol. The molecule has 1 heterocycles. The highest BCUT2D eigenvalue weighted by atomic mass is 16.5. The molecule has 3 heteroatoms. The van der Waals surface area contributed by atoms with Crippen molar-refractivity contribution >= 4 is 11.8 Å². The van der Waals surface area contributed by atoms with E-state index in [4.69, 9.17) is 0 Å². The molecule has 3 nitrogen and oxygen atoms in total. The summed E-state index contributed by atoms with van der Waals surface area (Å²) in [5, 5.41) is 12.1. The average molecular weight is 161 g/mol. The summed E-state index contributed by atoms with van der Waals surface area (Å²) in [7, 11) is 0. The quantitative estimate of drug-likeness (QED) is 0.634. The van der Waals surface area contributed by atoms with Crippen molar-refractivity contribution in [1.29, 1.82) is 0 Å². The molecule has 0 amide bonds. The Morgan fingerprint density at radius 2 is 2.17 bits per heavy atom. The summed E-state index contributed by atoms with van der Waals surface area (Å²) in [5.74, 6) is 0. The van der Waals surface area contributed by atoms with Crippen LogP contribution in [0.1, 0.15) is 5.56 Å². The van der Waals surface area contributed by atoms with Crippen molar-refractivity contribution in [1.82, 2.24) is 5.59 Å². The number of rotatable bonds is 1. The molecule has 2 rings (SSSR count). The van der Waals surface area contributed by atoms with Crippen molar-refractivity contribution in [3.8, 4) is 0 Å². The Bertz CT molecular complexity index is 309. The number of hydrogen-bond donors (Lipinski definition) is 1. The van der Waals surface area contributed by atoms with Crippen LogP contribution in [0.2, 0.25) is 0 Å². The van der Waals surface area contributed by atoms with Crippen molar-refractivity contribution in [3.05, 3.63) is 41.1 Å². The van der Waals surface area contributed by atoms with Crippen LogP contribution in [0.15, 0.2) is 30.3 Å². The maximum atomic E-state index is 10.5. The lowest BCUT2D eigenvalue weighted by atomic mass is 10.1. The number of para-hydroxylation sites is 1. The van der Waals surface area contributed by atoms with Gasteiger partial charge in [0.1, 0.15) is 0 Å². The minimum absolute atomic E-state index is 0.626. The fraction of sp³-hybridized carbons (Fsp3) is 0.111. The van der Waals surface area contributed by atoms with Gasteiger partial charge in [0.25, 0.3) is 0 Å². The van der Waals surface area contributed by atoms with Gasteiger partial charge in [-0.05, 0) is 11.6 Å². The second kappa shape index (κ2) is 2.97. The van der Waals surface area contributed by atoms with E-state index in [-0.39, 0.29) is 0 Å². The third-order valence-corrected chi connectivity index (χ3v) is 1.92. The second-order valence-corrected chi connectivity index (χ2v) is 2.66. The maximum absolute atomic E-state index is 10.5. The number of hydrogen-bond acceptors (Lipinski definition) is 3. The van der Waals surface area contributed by atoms with E-state index in [1.165, 1.54) is 0 Å². The van der Waals surface area contributed by atoms with Gasteiger partial charge in [0.2, 0.25) is 0 Å². The minimum Gasteiger partial charge on any atom is -0.770 e. The van der Waals surface area contributed by atoms with Crippen LogP contribution >= 0.6 is 0 Å². The van der Waals surface area contributed by atoms with Crippen LogP contribution in [0.3, 0.4) is 0 Å². The van der Waals surface area contributed by atoms with E-state index in [2.05, 4.69) is 0 Å². The Balaban J connectivity index is 2.45. The molecule has 1 aromatic rings. The summed E-state index contributed by atoms with van der Waals surface area (Å²) >= 11 is 0. The van der Waals surface area contributed by atoms with Crippen molar-refractivity contribution < 1.29 is 0 Å². The van der Waals surface area contributed by atoms with Crippen molar-refractivity contribution in [2.75, 3.05) is 11.6 Å². The Kier molecular flexibility index (Phi) is 1.81. The number of anilines is 1. The lowest BCUT2D eigenvalue weighted by Gasteiger charge is -2.31. The summed E-state index contributed by atoms with van der Waals surface area (Å²) < 4.78 is 0. The molecule has 0 spiro atoms. The highest BCUT2D eigenvalue weighted by molar-refractivity contribution is 5.70. The fourth-order valence-corrected chi connectivity index (χ4v) is 1.34. The standard InChI is InChI=1S/C9H9N2O/c12-10-11-7-3-5-8-4-1-2-6-9(8)11/h1-6,10H,7H2/q-1. The van der Waals surface area contributed by atoms with E-state index >= 15 is 0 Å². The normalized spacial score (nSPS) is 14.6. The van der Waals surface area contributed by atoms with Crippen molar-refractivity contribution in [2.45, 2.75) is 0 Å². The Morgan fingerprint density at radius 1 is 1.33 bits per heavy atom. The molecule has 1 aromatic carbocycles. The van der Waals surface area contributed by atoms with Crippen molar-refractivity contribution in [2.24, 2.45) is 0 Å². The number of fused-ring (bicyclic) bond motifs is 1. The van der Waals surface area contributed by atoms with Gasteiger partial charge in [-0.15, -0.1) is 0 Å². The zero-order valence-electron chi connectivity index (χ0n) is 6.53. The Morgan fingerprint density at radius 3 is 3.00 bits per heavy atom. The topological polar surface area (TPSA) is 38.3 Å². The van der Waals surface area contributed by atoms with E-state index in [1.54, 1.807) is 5.01 Å². The molecular weight excluding hydrogens is 152 g/mol. The molecule has 0 saturated heterocycles. The van der Waals surface area contributed by atoms with Crippen LogP contribution in [0.25, 0.3) is 6.08 Å². The molecule has 0 saturated carbocycles. The predicted molar refractivity (Wildman–Crippen MR) is 49.3 cm³/mol. The SMILES string of the molecule is [O-]NN1CC=Cc2ccccc21. The van der Waals surface area contributed by atoms with E-state index in [0.29, 0.717) is 6.54 Å². The molecule has 0 aromatic heterocycles. The molecule has 0 fully saturated rings. The first-order valence-electron chi connectivity index (χ1n) is 3.83. The smallest absolute Gasteiger partial charge is 0.0585 e. The van der Waals surface area contributed by atoms with Gasteiger partial charge in [-0.1, -0.05) is 30.4 Å². The van der Waals surface area contributed by atoms with Gasteiger partial charge < -0.3 is 15.8 Å². The van der Waals surface area contributed by atoms with Gasteiger partial charge >= 0.3 is 0 Å². The summed E-state index contributed by atoms with van der Waals surface area (Å²) in [6.45, 7) is 0.626. The van der Waals surface area contributed by atoms with Crippen LogP contribution < -0.4 is 10.6 Å². The number of hydrazine groups is 1. The van der Waals surface area contributed by atoms with Crippen LogP contribution in [0.4, 0.5) is 5.69 Å². The summed E-state index contributed by atoms with van der Waals surface area (Å²) in [4.78, 5) is 0. The van der Waals surface area contributed by atoms with Crippen LogP contribution in [0, 0.1) is 5.21 Å². The number of nitrogens with one attached hydrogen (secondary N) is 1. The summed E-state index contributed by atoms with van der Waals surface area (Å²) in [6.07, 6.45) is 3.97. The molecule has 0 atom stereocenters. The third kappa shape index (κ3) is 1.09. The van der Waals surface area contributed by atoms with Gasteiger partial charge in [0, 0.05) is 0 Å². The first-order chi connectivity index (χ1) is 5.92. The average Bonchev–Trinajstić information content (AvgIpc) is 2.17. The lowest BCUT2D eigenvalue weighted by Crippen LogP contribution is -2.35. The first kappa shape index (κ1) is 7.34. The highest BCUT2D eigenvalue weighted by Gasteiger charge is 2.07. The molecule has 62 valence electrons. The molecule has 0 unspecified atom stereocenters. The first-order valence-corrected chi connectivity index (χ1v) is 3.83. The van der Waals surface area contributed by atoms with Gasteiger partial charge in [-0.3, -0.25) is 0 Å². The number of nitrogens with zero attached hydrogens (tertiary/aromatic N) is 1. The zero-order chi connectivity index (χ0) is 8.39. The molecular formula is C9H9N2O-. The summed E-state index contributed by atoms with van der Waals surface area (Å²) in [6, 6.07) is 7.78. The summed E-state index contributed by atoms with van der Waals surface area (Å²) in [5.41, 5.74) is 3.91. The third-order valence-electron chi connectivity index (χ3n) is 1.92. The maximum Gasteiger partial charge on any atom is 0.0585 e. The second-order valence-electron chi connectivity index (χ2n) is 2.66. The van der Waals surface area contributed by atoms with Crippen molar-refractivity contribution in [3.63, 3.8) is 0 Å². The highest BCUT2D eigenvalue weighted by Crippen LogP contribution is 2.23. The molecule has 12 heavy (non-hydrogen) atoms. The largest absolute Gasteiger partial charge is 0.770 e. The Hall–Kier alpha value is -1.32. The molecule has 0 bridgehead atoms. The van der Waals surface area contributed by atoms with E-state index in [0.717, 1.165) is 11.3 Å². The van der Waals surface area contributed by atoms with Gasteiger partial charge in [0.15, 0.2) is 0 Å². The van der Waals surface area contributed by atoms with Crippen LogP contribution in [-0.4, -0.2) is 6.54 Å². The molecule has 0 aliphatic carbocycles. The Labute approximate surface area is 70.9 Å². The van der Waals surface area contributed by atoms with Gasteiger partial charge in [-0.25, -0.2) is 0 Å². The van der Waals surface area contributed by atoms with Gasteiger partial charge in [0.05, 0.1) is 12.2 Å². The van der Waals surface area contributed by atoms with Crippen LogP contribution in [-0.2, 0) is 0 Å². The van der Waals surface area contributed by atoms with E-state index in [9.17, 15) is 5.21 Å². The van der Waals surface area contributed by atoms with Gasteiger partial charge in [-0.2, -0.15) is 0 Å². The predicted octanol–water partition coefficient (Wildman–Crippen LogP) is 1.52. The molecule has 1 aliphatic heterocycles.